The minimum absolute atomic E-state index is 0.0326. The number of hydrogen-bond donors (Lipinski definition) is 2. The minimum Gasteiger partial charge on any atom is -0.372 e. The molecule has 6 heteroatoms. The molecule has 0 fully saturated rings. The Kier molecular flexibility index (Phi) is 5.59. The van der Waals surface area contributed by atoms with Crippen LogP contribution in [0.4, 0.5) is 5.82 Å². The fraction of sp³-hybridized carbons (Fsp3) is 0.333. The van der Waals surface area contributed by atoms with E-state index in [4.69, 9.17) is 11.6 Å². The Morgan fingerprint density at radius 3 is 2.90 bits per heavy atom. The van der Waals surface area contributed by atoms with Gasteiger partial charge in [0.2, 0.25) is 0 Å². The van der Waals surface area contributed by atoms with Crippen LogP contribution >= 0.6 is 22.9 Å². The first-order chi connectivity index (χ1) is 10.2. The van der Waals surface area contributed by atoms with Gasteiger partial charge in [-0.2, -0.15) is 0 Å². The van der Waals surface area contributed by atoms with Crippen molar-refractivity contribution in [1.29, 1.82) is 0 Å². The number of amides is 1. The van der Waals surface area contributed by atoms with Gasteiger partial charge in [-0.25, -0.2) is 4.98 Å². The number of rotatable bonds is 6. The fourth-order valence-corrected chi connectivity index (χ4v) is 3.12. The molecule has 0 saturated carbocycles. The van der Waals surface area contributed by atoms with Crippen molar-refractivity contribution in [3.63, 3.8) is 0 Å². The summed E-state index contributed by atoms with van der Waals surface area (Å²) < 4.78 is 0. The van der Waals surface area contributed by atoms with Crippen LogP contribution in [0.2, 0.25) is 5.02 Å². The van der Waals surface area contributed by atoms with Crippen molar-refractivity contribution in [1.82, 2.24) is 10.3 Å². The van der Waals surface area contributed by atoms with E-state index in [0.717, 1.165) is 17.7 Å². The molecule has 0 aliphatic rings. The van der Waals surface area contributed by atoms with Gasteiger partial charge in [0.1, 0.15) is 5.82 Å². The molecule has 0 spiro atoms. The van der Waals surface area contributed by atoms with Crippen molar-refractivity contribution in [2.75, 3.05) is 12.4 Å². The zero-order valence-electron chi connectivity index (χ0n) is 12.0. The van der Waals surface area contributed by atoms with Crippen LogP contribution in [0.15, 0.2) is 29.8 Å². The molecule has 2 rings (SSSR count). The second-order valence-corrected chi connectivity index (χ2v) is 6.02. The maximum absolute atomic E-state index is 12.4. The lowest BCUT2D eigenvalue weighted by molar-refractivity contribution is 0.0935. The zero-order chi connectivity index (χ0) is 15.2. The van der Waals surface area contributed by atoms with Gasteiger partial charge in [-0.05, 0) is 23.9 Å². The second kappa shape index (κ2) is 7.43. The Bertz CT molecular complexity index is 601. The maximum atomic E-state index is 12.4. The molecule has 1 amide bonds. The third kappa shape index (κ3) is 3.95. The number of hydrogen-bond acceptors (Lipinski definition) is 4. The summed E-state index contributed by atoms with van der Waals surface area (Å²) in [6, 6.07) is 5.70. The average Bonchev–Trinajstić information content (AvgIpc) is 3.00. The molecule has 2 aromatic rings. The lowest BCUT2D eigenvalue weighted by Crippen LogP contribution is -2.28. The highest BCUT2D eigenvalue weighted by atomic mass is 35.5. The number of carbonyl (C=O) groups excluding carboxylic acids is 1. The number of carbonyl (C=O) groups is 1. The molecule has 2 N–H and O–H groups in total. The molecule has 0 aliphatic heterocycles. The van der Waals surface area contributed by atoms with Gasteiger partial charge >= 0.3 is 0 Å². The first-order valence-electron chi connectivity index (χ1n) is 6.83. The number of nitrogens with zero attached hydrogens (tertiary/aromatic N) is 1. The largest absolute Gasteiger partial charge is 0.372 e. The monoisotopic (exact) mass is 323 g/mol. The normalized spacial score (nSPS) is 12.0. The highest BCUT2D eigenvalue weighted by Crippen LogP contribution is 2.24. The highest BCUT2D eigenvalue weighted by Gasteiger charge is 2.17. The van der Waals surface area contributed by atoms with E-state index in [1.54, 1.807) is 24.5 Å². The van der Waals surface area contributed by atoms with Crippen LogP contribution in [-0.4, -0.2) is 17.9 Å². The molecule has 0 aliphatic carbocycles. The molecule has 112 valence electrons. The van der Waals surface area contributed by atoms with Crippen molar-refractivity contribution in [3.05, 3.63) is 45.2 Å². The van der Waals surface area contributed by atoms with E-state index in [-0.39, 0.29) is 11.9 Å². The Balaban J connectivity index is 2.13. The molecular weight excluding hydrogens is 306 g/mol. The van der Waals surface area contributed by atoms with Crippen LogP contribution in [-0.2, 0) is 0 Å². The predicted molar refractivity (Wildman–Crippen MR) is 88.2 cm³/mol. The molecule has 0 bridgehead atoms. The zero-order valence-corrected chi connectivity index (χ0v) is 13.6. The number of pyridine rings is 1. The van der Waals surface area contributed by atoms with E-state index < -0.39 is 0 Å². The first-order valence-corrected chi connectivity index (χ1v) is 8.09. The topological polar surface area (TPSA) is 54.0 Å². The van der Waals surface area contributed by atoms with Gasteiger partial charge in [0.05, 0.1) is 16.6 Å². The minimum atomic E-state index is -0.154. The SMILES string of the molecule is CCCC(NC(=O)c1cnc(NC)c(Cl)c1)c1cccs1. The van der Waals surface area contributed by atoms with Gasteiger partial charge in [-0.15, -0.1) is 11.3 Å². The van der Waals surface area contributed by atoms with Gasteiger partial charge in [-0.1, -0.05) is 31.0 Å². The van der Waals surface area contributed by atoms with Gasteiger partial charge in [0.25, 0.3) is 5.91 Å². The van der Waals surface area contributed by atoms with Gasteiger partial charge in [0, 0.05) is 18.1 Å². The van der Waals surface area contributed by atoms with Crippen LogP contribution < -0.4 is 10.6 Å². The van der Waals surface area contributed by atoms with Crippen LogP contribution in [0.5, 0.6) is 0 Å². The summed E-state index contributed by atoms with van der Waals surface area (Å²) in [5.41, 5.74) is 0.469. The Morgan fingerprint density at radius 2 is 2.33 bits per heavy atom. The summed E-state index contributed by atoms with van der Waals surface area (Å²) in [6.07, 6.45) is 3.44. The van der Waals surface area contributed by atoms with Gasteiger partial charge in [-0.3, -0.25) is 4.79 Å². The van der Waals surface area contributed by atoms with Crippen molar-refractivity contribution < 1.29 is 4.79 Å². The van der Waals surface area contributed by atoms with Crippen molar-refractivity contribution in [2.24, 2.45) is 0 Å². The van der Waals surface area contributed by atoms with Gasteiger partial charge in [0.15, 0.2) is 0 Å². The maximum Gasteiger partial charge on any atom is 0.253 e. The van der Waals surface area contributed by atoms with Crippen molar-refractivity contribution >= 4 is 34.7 Å². The Labute approximate surface area is 133 Å². The third-order valence-corrected chi connectivity index (χ3v) is 4.38. The predicted octanol–water partition coefficient (Wildman–Crippen LogP) is 4.11. The van der Waals surface area contributed by atoms with E-state index in [1.165, 1.54) is 6.20 Å². The van der Waals surface area contributed by atoms with E-state index >= 15 is 0 Å². The number of aromatic nitrogens is 1. The number of anilines is 1. The molecular formula is C15H18ClN3OS. The van der Waals surface area contributed by atoms with E-state index in [0.29, 0.717) is 16.4 Å². The lowest BCUT2D eigenvalue weighted by Gasteiger charge is -2.17. The number of halogens is 1. The number of nitrogens with one attached hydrogen (secondary N) is 2. The summed E-state index contributed by atoms with van der Waals surface area (Å²) in [5.74, 6) is 0.412. The van der Waals surface area contributed by atoms with Crippen molar-refractivity contribution in [3.8, 4) is 0 Å². The fourth-order valence-electron chi connectivity index (χ4n) is 2.05. The Hall–Kier alpha value is -1.59. The van der Waals surface area contributed by atoms with E-state index in [9.17, 15) is 4.79 Å². The highest BCUT2D eigenvalue weighted by molar-refractivity contribution is 7.10. The third-order valence-electron chi connectivity index (χ3n) is 3.11. The molecule has 21 heavy (non-hydrogen) atoms. The summed E-state index contributed by atoms with van der Waals surface area (Å²) in [7, 11) is 1.74. The van der Waals surface area contributed by atoms with Crippen LogP contribution in [0.3, 0.4) is 0 Å². The molecule has 1 unspecified atom stereocenters. The molecule has 2 aromatic heterocycles. The smallest absolute Gasteiger partial charge is 0.253 e. The van der Waals surface area contributed by atoms with Crippen molar-refractivity contribution in [2.45, 2.75) is 25.8 Å². The summed E-state index contributed by atoms with van der Waals surface area (Å²) in [4.78, 5) is 17.6. The van der Waals surface area contributed by atoms with E-state index in [1.807, 2.05) is 17.5 Å². The molecule has 0 saturated heterocycles. The van der Waals surface area contributed by atoms with E-state index in [2.05, 4.69) is 22.5 Å². The molecule has 2 heterocycles. The molecule has 4 nitrogen and oxygen atoms in total. The summed E-state index contributed by atoms with van der Waals surface area (Å²) in [5, 5.41) is 8.38. The first kappa shape index (κ1) is 15.8. The average molecular weight is 324 g/mol. The molecule has 0 aromatic carbocycles. The molecule has 0 radical (unpaired) electrons. The molecule has 1 atom stereocenters. The van der Waals surface area contributed by atoms with Crippen LogP contribution in [0, 0.1) is 0 Å². The lowest BCUT2D eigenvalue weighted by atomic mass is 10.1. The second-order valence-electron chi connectivity index (χ2n) is 4.63. The summed E-state index contributed by atoms with van der Waals surface area (Å²) >= 11 is 7.72. The standard InChI is InChI=1S/C15H18ClN3OS/c1-3-5-12(13-6-4-7-21-13)19-15(20)10-8-11(16)14(17-2)18-9-10/h4,6-9,12H,3,5H2,1-2H3,(H,17,18)(H,19,20). The number of thiophene rings is 1. The summed E-state index contributed by atoms with van der Waals surface area (Å²) in [6.45, 7) is 2.10. The van der Waals surface area contributed by atoms with Crippen LogP contribution in [0.25, 0.3) is 0 Å². The van der Waals surface area contributed by atoms with Crippen LogP contribution in [0.1, 0.15) is 41.0 Å². The quantitative estimate of drug-likeness (QED) is 0.841. The Morgan fingerprint density at radius 1 is 1.52 bits per heavy atom. The van der Waals surface area contributed by atoms with Gasteiger partial charge < -0.3 is 10.6 Å².